The molecule has 0 heterocycles. The number of methoxy groups -OCH3 is 1. The molecule has 0 bridgehead atoms. The Balaban J connectivity index is 1.54. The van der Waals surface area contributed by atoms with Crippen molar-refractivity contribution in [3.05, 3.63) is 75.8 Å². The summed E-state index contributed by atoms with van der Waals surface area (Å²) in [5.74, 6) is 2.05. The monoisotopic (exact) mass is 419 g/mol. The van der Waals surface area contributed by atoms with Crippen molar-refractivity contribution >= 4 is 51.6 Å². The molecule has 3 rings (SSSR count). The first-order valence-corrected chi connectivity index (χ1v) is 10.4. The van der Waals surface area contributed by atoms with E-state index < -0.39 is 0 Å². The van der Waals surface area contributed by atoms with Crippen LogP contribution in [0.15, 0.2) is 54.6 Å². The van der Waals surface area contributed by atoms with Crippen LogP contribution < -0.4 is 10.1 Å². The highest BCUT2D eigenvalue weighted by molar-refractivity contribution is 7.98. The van der Waals surface area contributed by atoms with Crippen LogP contribution in [0.3, 0.4) is 0 Å². The van der Waals surface area contributed by atoms with Crippen molar-refractivity contribution in [2.24, 2.45) is 0 Å². The van der Waals surface area contributed by atoms with Gasteiger partial charge in [-0.3, -0.25) is 4.79 Å². The standard InChI is InChI=1S/C21H19Cl2NO2S/c1-26-20-12-16-5-3-2-4-15(16)11-17(20)21(25)24-8-9-27-13-14-6-7-18(22)19(23)10-14/h2-7,10-12H,8-9,13H2,1H3,(H,24,25). The molecule has 3 aromatic carbocycles. The number of halogens is 2. The highest BCUT2D eigenvalue weighted by Gasteiger charge is 2.13. The SMILES string of the molecule is COc1cc2ccccc2cc1C(=O)NCCSCc1ccc(Cl)c(Cl)c1. The van der Waals surface area contributed by atoms with E-state index in [1.54, 1.807) is 24.9 Å². The lowest BCUT2D eigenvalue weighted by atomic mass is 10.1. The second-order valence-electron chi connectivity index (χ2n) is 5.96. The van der Waals surface area contributed by atoms with Gasteiger partial charge in [0.1, 0.15) is 5.75 Å². The van der Waals surface area contributed by atoms with E-state index in [1.807, 2.05) is 48.5 Å². The summed E-state index contributed by atoms with van der Waals surface area (Å²) in [5.41, 5.74) is 1.66. The molecule has 0 aromatic heterocycles. The maximum Gasteiger partial charge on any atom is 0.255 e. The maximum absolute atomic E-state index is 12.6. The molecular formula is C21H19Cl2NO2S. The van der Waals surface area contributed by atoms with Crippen molar-refractivity contribution in [3.8, 4) is 5.75 Å². The number of ether oxygens (including phenoxy) is 1. The average molecular weight is 420 g/mol. The molecule has 3 aromatic rings. The first kappa shape index (κ1) is 19.9. The minimum atomic E-state index is -0.132. The largest absolute Gasteiger partial charge is 0.496 e. The van der Waals surface area contributed by atoms with E-state index in [2.05, 4.69) is 5.32 Å². The summed E-state index contributed by atoms with van der Waals surface area (Å²) in [6, 6.07) is 17.3. The molecule has 1 amide bonds. The van der Waals surface area contributed by atoms with Crippen LogP contribution in [0.1, 0.15) is 15.9 Å². The van der Waals surface area contributed by atoms with Gasteiger partial charge in [0.05, 0.1) is 22.7 Å². The molecule has 0 atom stereocenters. The fourth-order valence-electron chi connectivity index (χ4n) is 2.72. The van der Waals surface area contributed by atoms with Gasteiger partial charge in [-0.15, -0.1) is 0 Å². The third kappa shape index (κ3) is 5.10. The lowest BCUT2D eigenvalue weighted by Crippen LogP contribution is -2.26. The summed E-state index contributed by atoms with van der Waals surface area (Å²) < 4.78 is 5.39. The Morgan fingerprint density at radius 2 is 1.78 bits per heavy atom. The summed E-state index contributed by atoms with van der Waals surface area (Å²) in [6.45, 7) is 0.570. The van der Waals surface area contributed by atoms with E-state index in [0.29, 0.717) is 27.9 Å². The molecule has 0 aliphatic carbocycles. The third-order valence-electron chi connectivity index (χ3n) is 4.10. The fraction of sp³-hybridized carbons (Fsp3) is 0.190. The smallest absolute Gasteiger partial charge is 0.255 e. The van der Waals surface area contributed by atoms with Gasteiger partial charge in [-0.25, -0.2) is 0 Å². The number of amides is 1. The molecule has 0 aliphatic rings. The van der Waals surface area contributed by atoms with Crippen LogP contribution in [0.25, 0.3) is 10.8 Å². The lowest BCUT2D eigenvalue weighted by Gasteiger charge is -2.11. The zero-order valence-electron chi connectivity index (χ0n) is 14.8. The summed E-state index contributed by atoms with van der Waals surface area (Å²) in [6.07, 6.45) is 0. The predicted octanol–water partition coefficient (Wildman–Crippen LogP) is 5.82. The molecule has 6 heteroatoms. The van der Waals surface area contributed by atoms with E-state index in [-0.39, 0.29) is 5.91 Å². The van der Waals surface area contributed by atoms with E-state index >= 15 is 0 Å². The van der Waals surface area contributed by atoms with Crippen molar-refractivity contribution in [2.45, 2.75) is 5.75 Å². The highest BCUT2D eigenvalue weighted by Crippen LogP contribution is 2.26. The van der Waals surface area contributed by atoms with Crippen LogP contribution in [-0.4, -0.2) is 25.3 Å². The van der Waals surface area contributed by atoms with Gasteiger partial charge in [0, 0.05) is 18.1 Å². The van der Waals surface area contributed by atoms with Crippen molar-refractivity contribution in [2.75, 3.05) is 19.4 Å². The van der Waals surface area contributed by atoms with E-state index in [1.165, 1.54) is 0 Å². The van der Waals surface area contributed by atoms with Gasteiger partial charge in [-0.1, -0.05) is 53.5 Å². The Bertz CT molecular complexity index is 962. The Kier molecular flexibility index (Phi) is 6.89. The molecule has 140 valence electrons. The van der Waals surface area contributed by atoms with Crippen LogP contribution in [0.4, 0.5) is 0 Å². The van der Waals surface area contributed by atoms with Crippen LogP contribution in [0.5, 0.6) is 5.75 Å². The maximum atomic E-state index is 12.6. The first-order chi connectivity index (χ1) is 13.1. The Labute approximate surface area is 173 Å². The lowest BCUT2D eigenvalue weighted by molar-refractivity contribution is 0.0953. The second kappa shape index (κ2) is 9.36. The number of nitrogens with one attached hydrogen (secondary N) is 1. The Morgan fingerprint density at radius 3 is 2.48 bits per heavy atom. The molecule has 0 saturated carbocycles. The van der Waals surface area contributed by atoms with Crippen molar-refractivity contribution in [3.63, 3.8) is 0 Å². The zero-order chi connectivity index (χ0) is 19.2. The Morgan fingerprint density at radius 1 is 1.04 bits per heavy atom. The number of carbonyl (C=O) groups excluding carboxylic acids is 1. The number of hydrogen-bond donors (Lipinski definition) is 1. The van der Waals surface area contributed by atoms with Crippen LogP contribution in [0.2, 0.25) is 10.0 Å². The first-order valence-electron chi connectivity index (χ1n) is 8.45. The van der Waals surface area contributed by atoms with Gasteiger partial charge in [-0.05, 0) is 40.6 Å². The molecule has 0 saturated heterocycles. The summed E-state index contributed by atoms with van der Waals surface area (Å²) in [5, 5.41) is 6.13. The van der Waals surface area contributed by atoms with Gasteiger partial charge in [0.15, 0.2) is 0 Å². The number of rotatable bonds is 7. The van der Waals surface area contributed by atoms with Crippen LogP contribution in [-0.2, 0) is 5.75 Å². The molecular weight excluding hydrogens is 401 g/mol. The molecule has 0 spiro atoms. The van der Waals surface area contributed by atoms with Gasteiger partial charge >= 0.3 is 0 Å². The van der Waals surface area contributed by atoms with Crippen molar-refractivity contribution in [1.29, 1.82) is 0 Å². The summed E-state index contributed by atoms with van der Waals surface area (Å²) in [4.78, 5) is 12.6. The molecule has 0 unspecified atom stereocenters. The number of carbonyl (C=O) groups is 1. The number of fused-ring (bicyclic) bond motifs is 1. The van der Waals surface area contributed by atoms with Gasteiger partial charge in [0.25, 0.3) is 5.91 Å². The minimum Gasteiger partial charge on any atom is -0.496 e. The summed E-state index contributed by atoms with van der Waals surface area (Å²) >= 11 is 13.7. The number of benzene rings is 3. The average Bonchev–Trinajstić information content (AvgIpc) is 2.69. The molecule has 27 heavy (non-hydrogen) atoms. The topological polar surface area (TPSA) is 38.3 Å². The fourth-order valence-corrected chi connectivity index (χ4v) is 3.84. The van der Waals surface area contributed by atoms with Crippen LogP contribution >= 0.6 is 35.0 Å². The molecule has 1 N–H and O–H groups in total. The molecule has 0 aliphatic heterocycles. The minimum absolute atomic E-state index is 0.132. The van der Waals surface area contributed by atoms with E-state index in [0.717, 1.165) is 27.8 Å². The normalized spacial score (nSPS) is 10.8. The van der Waals surface area contributed by atoms with E-state index in [4.69, 9.17) is 27.9 Å². The number of hydrogen-bond acceptors (Lipinski definition) is 3. The van der Waals surface area contributed by atoms with Gasteiger partial charge in [-0.2, -0.15) is 11.8 Å². The van der Waals surface area contributed by atoms with Crippen molar-refractivity contribution < 1.29 is 9.53 Å². The highest BCUT2D eigenvalue weighted by atomic mass is 35.5. The molecule has 3 nitrogen and oxygen atoms in total. The van der Waals surface area contributed by atoms with Crippen LogP contribution in [0, 0.1) is 0 Å². The molecule has 0 fully saturated rings. The molecule has 0 radical (unpaired) electrons. The van der Waals surface area contributed by atoms with E-state index in [9.17, 15) is 4.79 Å². The van der Waals surface area contributed by atoms with Gasteiger partial charge < -0.3 is 10.1 Å². The summed E-state index contributed by atoms with van der Waals surface area (Å²) in [7, 11) is 1.58. The predicted molar refractivity (Wildman–Crippen MR) is 115 cm³/mol. The number of thioether (sulfide) groups is 1. The van der Waals surface area contributed by atoms with Crippen molar-refractivity contribution in [1.82, 2.24) is 5.32 Å². The Hall–Kier alpha value is -1.88. The zero-order valence-corrected chi connectivity index (χ0v) is 17.1. The second-order valence-corrected chi connectivity index (χ2v) is 7.88. The third-order valence-corrected chi connectivity index (χ3v) is 5.87. The quantitative estimate of drug-likeness (QED) is 0.490. The van der Waals surface area contributed by atoms with Gasteiger partial charge in [0.2, 0.25) is 0 Å².